The summed E-state index contributed by atoms with van der Waals surface area (Å²) in [6, 6.07) is 16.9. The Morgan fingerprint density at radius 2 is 1.71 bits per heavy atom. The van der Waals surface area contributed by atoms with E-state index in [0.717, 1.165) is 28.5 Å². The average Bonchev–Trinajstić information content (AvgIpc) is 2.63. The highest BCUT2D eigenvalue weighted by Gasteiger charge is 2.19. The van der Waals surface area contributed by atoms with Crippen LogP contribution in [0.15, 0.2) is 76.8 Å². The Bertz CT molecular complexity index is 1240. The highest BCUT2D eigenvalue weighted by Crippen LogP contribution is 2.19. The minimum atomic E-state index is -3.94. The molecule has 0 amide bonds. The summed E-state index contributed by atoms with van der Waals surface area (Å²) in [6.07, 6.45) is 1.86. The van der Waals surface area contributed by atoms with Crippen LogP contribution in [0.1, 0.15) is 5.56 Å². The average molecular weight is 399 g/mol. The monoisotopic (exact) mass is 399 g/mol. The van der Waals surface area contributed by atoms with Crippen LogP contribution in [0.3, 0.4) is 0 Å². The summed E-state index contributed by atoms with van der Waals surface area (Å²) < 4.78 is 56.6. The molecule has 1 heterocycles. The molecule has 1 aliphatic rings. The van der Waals surface area contributed by atoms with Crippen LogP contribution in [0.25, 0.3) is 10.8 Å². The van der Waals surface area contributed by atoms with E-state index in [2.05, 4.69) is 14.4 Å². The second kappa shape index (κ2) is 7.05. The van der Waals surface area contributed by atoms with E-state index in [9.17, 15) is 17.2 Å². The third kappa shape index (κ3) is 4.01. The number of allylic oxidation sites excluding steroid dienone is 1. The SMILES string of the molecule is O=S1(=O)N=C(Nc2ccc(F)c(F)c2)C=C(Cc2ccc3ccccc3c2)N1. The molecule has 0 radical (unpaired) electrons. The summed E-state index contributed by atoms with van der Waals surface area (Å²) in [5.74, 6) is -2.01. The molecule has 0 aromatic heterocycles. The Labute approximate surface area is 160 Å². The second-order valence-electron chi connectivity index (χ2n) is 6.34. The van der Waals surface area contributed by atoms with E-state index in [4.69, 9.17) is 0 Å². The molecule has 0 aliphatic carbocycles. The van der Waals surface area contributed by atoms with Gasteiger partial charge in [-0.1, -0.05) is 42.5 Å². The van der Waals surface area contributed by atoms with Gasteiger partial charge in [0, 0.05) is 29.9 Å². The lowest BCUT2D eigenvalue weighted by Gasteiger charge is -2.17. The van der Waals surface area contributed by atoms with Crippen molar-refractivity contribution in [2.75, 3.05) is 5.32 Å². The maximum atomic E-state index is 13.4. The molecule has 0 atom stereocenters. The number of nitrogens with one attached hydrogen (secondary N) is 2. The van der Waals surface area contributed by atoms with E-state index in [-0.39, 0.29) is 11.5 Å². The third-order valence-corrected chi connectivity index (χ3v) is 5.15. The van der Waals surface area contributed by atoms with Gasteiger partial charge in [-0.25, -0.2) is 8.78 Å². The predicted molar refractivity (Wildman–Crippen MR) is 105 cm³/mol. The van der Waals surface area contributed by atoms with Crippen molar-refractivity contribution in [1.82, 2.24) is 4.72 Å². The van der Waals surface area contributed by atoms with Crippen molar-refractivity contribution in [3.05, 3.63) is 89.6 Å². The minimum absolute atomic E-state index is 0.0144. The topological polar surface area (TPSA) is 70.6 Å². The fourth-order valence-electron chi connectivity index (χ4n) is 2.98. The van der Waals surface area contributed by atoms with E-state index in [1.165, 1.54) is 12.1 Å². The summed E-state index contributed by atoms with van der Waals surface area (Å²) in [5.41, 5.74) is 1.52. The van der Waals surface area contributed by atoms with Gasteiger partial charge in [0.15, 0.2) is 11.6 Å². The van der Waals surface area contributed by atoms with E-state index >= 15 is 0 Å². The number of hydrogen-bond acceptors (Lipinski definition) is 3. The normalized spacial score (nSPS) is 15.5. The van der Waals surface area contributed by atoms with Crippen LogP contribution in [-0.2, 0) is 16.6 Å². The Hall–Kier alpha value is -3.26. The van der Waals surface area contributed by atoms with Crippen LogP contribution in [0.5, 0.6) is 0 Å². The van der Waals surface area contributed by atoms with Crippen molar-refractivity contribution in [1.29, 1.82) is 0 Å². The standard InChI is InChI=1S/C20H15F2N3O2S/c21-18-8-7-16(11-19(18)22)23-20-12-17(24-28(26,27)25-20)10-13-5-6-14-3-1-2-4-15(14)9-13/h1-9,11-12,24H,10H2,(H,23,25). The van der Waals surface area contributed by atoms with Crippen molar-refractivity contribution in [3.8, 4) is 0 Å². The first-order valence-electron chi connectivity index (χ1n) is 8.41. The molecule has 0 fully saturated rings. The fourth-order valence-corrected chi connectivity index (χ4v) is 3.84. The second-order valence-corrected chi connectivity index (χ2v) is 7.67. The Morgan fingerprint density at radius 1 is 0.929 bits per heavy atom. The molecule has 0 bridgehead atoms. The molecule has 0 saturated carbocycles. The Kier molecular flexibility index (Phi) is 4.56. The lowest BCUT2D eigenvalue weighted by molar-refractivity contribution is 0.509. The molecule has 28 heavy (non-hydrogen) atoms. The van der Waals surface area contributed by atoms with Gasteiger partial charge in [0.25, 0.3) is 0 Å². The Morgan fingerprint density at radius 3 is 2.50 bits per heavy atom. The van der Waals surface area contributed by atoms with Gasteiger partial charge in [-0.2, -0.15) is 8.42 Å². The molecule has 1 aliphatic heterocycles. The first-order chi connectivity index (χ1) is 13.4. The molecule has 2 N–H and O–H groups in total. The van der Waals surface area contributed by atoms with Gasteiger partial charge in [-0.3, -0.25) is 4.72 Å². The van der Waals surface area contributed by atoms with Crippen molar-refractivity contribution >= 4 is 32.5 Å². The van der Waals surface area contributed by atoms with Gasteiger partial charge >= 0.3 is 10.2 Å². The first kappa shape index (κ1) is 18.1. The van der Waals surface area contributed by atoms with E-state index in [1.807, 2.05) is 42.5 Å². The fraction of sp³-hybridized carbons (Fsp3) is 0.0500. The van der Waals surface area contributed by atoms with Crippen LogP contribution in [-0.4, -0.2) is 14.3 Å². The van der Waals surface area contributed by atoms with Crippen molar-refractivity contribution < 1.29 is 17.2 Å². The number of nitrogens with zero attached hydrogens (tertiary/aromatic N) is 1. The summed E-state index contributed by atoms with van der Waals surface area (Å²) in [5, 5.41) is 4.84. The molecule has 4 rings (SSSR count). The molecule has 0 spiro atoms. The predicted octanol–water partition coefficient (Wildman–Crippen LogP) is 3.90. The smallest absolute Gasteiger partial charge is 0.339 e. The van der Waals surface area contributed by atoms with Crippen LogP contribution in [0, 0.1) is 11.6 Å². The number of amidine groups is 1. The van der Waals surface area contributed by atoms with Crippen LogP contribution >= 0.6 is 0 Å². The van der Waals surface area contributed by atoms with Crippen LogP contribution < -0.4 is 10.0 Å². The molecule has 8 heteroatoms. The summed E-state index contributed by atoms with van der Waals surface area (Å²) in [6.45, 7) is 0. The minimum Gasteiger partial charge on any atom is -0.339 e. The number of hydrogen-bond donors (Lipinski definition) is 2. The van der Waals surface area contributed by atoms with Gasteiger partial charge in [-0.15, -0.1) is 4.40 Å². The van der Waals surface area contributed by atoms with Crippen molar-refractivity contribution in [3.63, 3.8) is 0 Å². The zero-order chi connectivity index (χ0) is 19.7. The zero-order valence-corrected chi connectivity index (χ0v) is 15.3. The number of fused-ring (bicyclic) bond motifs is 1. The highest BCUT2D eigenvalue weighted by atomic mass is 32.2. The largest absolute Gasteiger partial charge is 0.343 e. The lowest BCUT2D eigenvalue weighted by atomic mass is 10.0. The molecule has 3 aromatic carbocycles. The highest BCUT2D eigenvalue weighted by molar-refractivity contribution is 7.88. The summed E-state index contributed by atoms with van der Waals surface area (Å²) in [4.78, 5) is 0. The van der Waals surface area contributed by atoms with E-state index in [1.54, 1.807) is 0 Å². The first-order valence-corrected chi connectivity index (χ1v) is 9.85. The molecule has 0 saturated heterocycles. The molecular formula is C20H15F2N3O2S. The van der Waals surface area contributed by atoms with Gasteiger partial charge < -0.3 is 5.32 Å². The van der Waals surface area contributed by atoms with Crippen molar-refractivity contribution in [2.45, 2.75) is 6.42 Å². The Balaban J connectivity index is 1.60. The van der Waals surface area contributed by atoms with Gasteiger partial charge in [0.05, 0.1) is 0 Å². The van der Waals surface area contributed by atoms with E-state index < -0.39 is 21.8 Å². The van der Waals surface area contributed by atoms with Gasteiger partial charge in [0.1, 0.15) is 5.84 Å². The zero-order valence-electron chi connectivity index (χ0n) is 14.5. The molecule has 5 nitrogen and oxygen atoms in total. The summed E-state index contributed by atoms with van der Waals surface area (Å²) >= 11 is 0. The van der Waals surface area contributed by atoms with Crippen molar-refractivity contribution in [2.24, 2.45) is 4.40 Å². The van der Waals surface area contributed by atoms with Gasteiger partial charge in [-0.05, 0) is 28.5 Å². The van der Waals surface area contributed by atoms with Crippen LogP contribution in [0.2, 0.25) is 0 Å². The molecular weight excluding hydrogens is 384 g/mol. The number of benzene rings is 3. The molecule has 142 valence electrons. The van der Waals surface area contributed by atoms with Crippen LogP contribution in [0.4, 0.5) is 14.5 Å². The molecule has 0 unspecified atom stereocenters. The lowest BCUT2D eigenvalue weighted by Crippen LogP contribution is -2.30. The molecule has 3 aromatic rings. The van der Waals surface area contributed by atoms with Gasteiger partial charge in [0.2, 0.25) is 0 Å². The number of rotatable bonds is 3. The quantitative estimate of drug-likeness (QED) is 0.702. The number of halogens is 2. The maximum absolute atomic E-state index is 13.4. The summed E-state index contributed by atoms with van der Waals surface area (Å²) in [7, 11) is -3.94. The number of anilines is 1. The van der Waals surface area contributed by atoms with E-state index in [0.29, 0.717) is 12.1 Å². The third-order valence-electron chi connectivity index (χ3n) is 4.19. The maximum Gasteiger partial charge on any atom is 0.343 e.